The minimum Gasteiger partial charge on any atom is -0.378 e. The van der Waals surface area contributed by atoms with Crippen LogP contribution in [0.1, 0.15) is 10.4 Å². The number of anilines is 2. The van der Waals surface area contributed by atoms with E-state index in [2.05, 4.69) is 21.2 Å². The van der Waals surface area contributed by atoms with Gasteiger partial charge in [0, 0.05) is 31.0 Å². The Morgan fingerprint density at radius 2 is 1.80 bits per heavy atom. The molecule has 1 N–H and O–H groups in total. The van der Waals surface area contributed by atoms with Crippen LogP contribution >= 0.6 is 15.9 Å². The molecule has 0 bridgehead atoms. The fourth-order valence-corrected chi connectivity index (χ4v) is 1.93. The lowest BCUT2D eigenvalue weighted by molar-refractivity contribution is 0.102. The summed E-state index contributed by atoms with van der Waals surface area (Å²) in [6.07, 6.45) is 0. The number of benzene rings is 2. The molecule has 0 fully saturated rings. The number of hydrogen-bond acceptors (Lipinski definition) is 2. The van der Waals surface area contributed by atoms with Crippen LogP contribution in [0.4, 0.5) is 15.8 Å². The lowest BCUT2D eigenvalue weighted by Crippen LogP contribution is -2.13. The lowest BCUT2D eigenvalue weighted by atomic mass is 10.2. The van der Waals surface area contributed by atoms with Crippen LogP contribution in [-0.2, 0) is 0 Å². The molecule has 20 heavy (non-hydrogen) atoms. The minimum absolute atomic E-state index is 0.280. The van der Waals surface area contributed by atoms with Crippen LogP contribution in [0, 0.1) is 5.82 Å². The number of hydrogen-bond donors (Lipinski definition) is 1. The van der Waals surface area contributed by atoms with Crippen LogP contribution in [0.5, 0.6) is 0 Å². The van der Waals surface area contributed by atoms with E-state index < -0.39 is 5.82 Å². The predicted octanol–water partition coefficient (Wildman–Crippen LogP) is 3.91. The van der Waals surface area contributed by atoms with Gasteiger partial charge in [-0.05, 0) is 58.4 Å². The van der Waals surface area contributed by atoms with E-state index in [0.717, 1.165) is 5.69 Å². The molecule has 0 radical (unpaired) electrons. The highest BCUT2D eigenvalue weighted by Gasteiger charge is 2.09. The van der Waals surface area contributed by atoms with Gasteiger partial charge in [-0.3, -0.25) is 4.79 Å². The number of nitrogens with one attached hydrogen (secondary N) is 1. The summed E-state index contributed by atoms with van der Waals surface area (Å²) < 4.78 is 13.7. The first kappa shape index (κ1) is 14.5. The van der Waals surface area contributed by atoms with Gasteiger partial charge < -0.3 is 10.2 Å². The van der Waals surface area contributed by atoms with Gasteiger partial charge in [0.05, 0.1) is 4.47 Å². The van der Waals surface area contributed by atoms with E-state index in [1.807, 2.05) is 43.3 Å². The Morgan fingerprint density at radius 3 is 2.35 bits per heavy atom. The molecule has 3 nitrogen and oxygen atoms in total. The number of nitrogens with zero attached hydrogens (tertiary/aromatic N) is 1. The quantitative estimate of drug-likeness (QED) is 0.921. The lowest BCUT2D eigenvalue weighted by Gasteiger charge is -2.13. The number of carbonyl (C=O) groups is 1. The van der Waals surface area contributed by atoms with E-state index in [-0.39, 0.29) is 11.5 Å². The average molecular weight is 337 g/mol. The van der Waals surface area contributed by atoms with Crippen molar-refractivity contribution in [3.63, 3.8) is 0 Å². The summed E-state index contributed by atoms with van der Waals surface area (Å²) in [5, 5.41) is 2.73. The maximum absolute atomic E-state index is 13.4. The minimum atomic E-state index is -0.458. The summed E-state index contributed by atoms with van der Waals surface area (Å²) >= 11 is 3.06. The molecule has 1 amide bonds. The second-order valence-corrected chi connectivity index (χ2v) is 5.38. The van der Waals surface area contributed by atoms with Gasteiger partial charge >= 0.3 is 0 Å². The Morgan fingerprint density at radius 1 is 1.15 bits per heavy atom. The molecule has 0 saturated heterocycles. The third kappa shape index (κ3) is 3.36. The third-order valence-corrected chi connectivity index (χ3v) is 3.47. The summed E-state index contributed by atoms with van der Waals surface area (Å²) in [6, 6.07) is 11.7. The van der Waals surface area contributed by atoms with Crippen molar-refractivity contribution in [2.45, 2.75) is 0 Å². The average Bonchev–Trinajstić information content (AvgIpc) is 2.42. The van der Waals surface area contributed by atoms with Crippen molar-refractivity contribution < 1.29 is 9.18 Å². The zero-order chi connectivity index (χ0) is 14.7. The van der Waals surface area contributed by atoms with Crippen LogP contribution in [0.3, 0.4) is 0 Å². The Bertz CT molecular complexity index is 626. The zero-order valence-corrected chi connectivity index (χ0v) is 12.7. The second-order valence-electron chi connectivity index (χ2n) is 4.52. The SMILES string of the molecule is CN(C)c1ccc(NC(=O)c2ccc(Br)c(F)c2)cc1. The zero-order valence-electron chi connectivity index (χ0n) is 11.2. The fourth-order valence-electron chi connectivity index (χ4n) is 1.68. The molecule has 0 unspecified atom stereocenters. The molecular formula is C15H14BrFN2O. The van der Waals surface area contributed by atoms with Gasteiger partial charge in [-0.15, -0.1) is 0 Å². The fraction of sp³-hybridized carbons (Fsp3) is 0.133. The summed E-state index contributed by atoms with van der Waals surface area (Å²) in [4.78, 5) is 14.0. The molecule has 2 rings (SSSR count). The van der Waals surface area contributed by atoms with Crippen LogP contribution in [0.25, 0.3) is 0 Å². The molecule has 0 aliphatic heterocycles. The van der Waals surface area contributed by atoms with Gasteiger partial charge in [0.15, 0.2) is 0 Å². The van der Waals surface area contributed by atoms with Gasteiger partial charge in [-0.1, -0.05) is 0 Å². The van der Waals surface area contributed by atoms with E-state index in [4.69, 9.17) is 0 Å². The number of rotatable bonds is 3. The number of halogens is 2. The first-order valence-electron chi connectivity index (χ1n) is 6.01. The van der Waals surface area contributed by atoms with E-state index in [9.17, 15) is 9.18 Å². The van der Waals surface area contributed by atoms with Crippen molar-refractivity contribution in [2.75, 3.05) is 24.3 Å². The van der Waals surface area contributed by atoms with Gasteiger partial charge in [-0.25, -0.2) is 4.39 Å². The van der Waals surface area contributed by atoms with Gasteiger partial charge in [-0.2, -0.15) is 0 Å². The Kier molecular flexibility index (Phi) is 4.39. The molecule has 0 spiro atoms. The van der Waals surface area contributed by atoms with Crippen LogP contribution in [-0.4, -0.2) is 20.0 Å². The first-order chi connectivity index (χ1) is 9.47. The molecule has 0 saturated carbocycles. The molecule has 0 heterocycles. The van der Waals surface area contributed by atoms with Crippen molar-refractivity contribution in [1.82, 2.24) is 0 Å². The predicted molar refractivity (Wildman–Crippen MR) is 82.8 cm³/mol. The smallest absolute Gasteiger partial charge is 0.255 e. The van der Waals surface area contributed by atoms with Crippen LogP contribution < -0.4 is 10.2 Å². The van der Waals surface area contributed by atoms with Gasteiger partial charge in [0.25, 0.3) is 5.91 Å². The van der Waals surface area contributed by atoms with E-state index in [1.54, 1.807) is 6.07 Å². The molecule has 2 aromatic carbocycles. The highest BCUT2D eigenvalue weighted by molar-refractivity contribution is 9.10. The van der Waals surface area contributed by atoms with Crippen molar-refractivity contribution in [3.8, 4) is 0 Å². The Hall–Kier alpha value is -1.88. The molecule has 0 atom stereocenters. The number of carbonyl (C=O) groups excluding carboxylic acids is 1. The molecular weight excluding hydrogens is 323 g/mol. The monoisotopic (exact) mass is 336 g/mol. The third-order valence-electron chi connectivity index (χ3n) is 2.82. The molecule has 0 aromatic heterocycles. The highest BCUT2D eigenvalue weighted by Crippen LogP contribution is 2.19. The molecule has 0 aliphatic rings. The normalized spacial score (nSPS) is 10.2. The van der Waals surface area contributed by atoms with Crippen molar-refractivity contribution >= 4 is 33.2 Å². The summed E-state index contributed by atoms with van der Waals surface area (Å²) in [5.41, 5.74) is 1.99. The molecule has 2 aromatic rings. The van der Waals surface area contributed by atoms with Gasteiger partial charge in [0.1, 0.15) is 5.82 Å². The summed E-state index contributed by atoms with van der Waals surface area (Å²) in [6.45, 7) is 0. The van der Waals surface area contributed by atoms with E-state index in [0.29, 0.717) is 10.2 Å². The molecule has 0 aliphatic carbocycles. The summed E-state index contributed by atoms with van der Waals surface area (Å²) in [7, 11) is 3.89. The standard InChI is InChI=1S/C15H14BrFN2O/c1-19(2)12-6-4-11(5-7-12)18-15(20)10-3-8-13(16)14(17)9-10/h3-9H,1-2H3,(H,18,20). The highest BCUT2D eigenvalue weighted by atomic mass is 79.9. The maximum Gasteiger partial charge on any atom is 0.255 e. The van der Waals surface area contributed by atoms with Gasteiger partial charge in [0.2, 0.25) is 0 Å². The Labute approximate surface area is 125 Å². The summed E-state index contributed by atoms with van der Waals surface area (Å²) in [5.74, 6) is -0.797. The Balaban J connectivity index is 2.12. The molecule has 5 heteroatoms. The molecule has 104 valence electrons. The first-order valence-corrected chi connectivity index (χ1v) is 6.80. The van der Waals surface area contributed by atoms with Crippen molar-refractivity contribution in [3.05, 3.63) is 58.3 Å². The maximum atomic E-state index is 13.4. The van der Waals surface area contributed by atoms with E-state index in [1.165, 1.54) is 12.1 Å². The second kappa shape index (κ2) is 6.05. The van der Waals surface area contributed by atoms with Crippen molar-refractivity contribution in [1.29, 1.82) is 0 Å². The topological polar surface area (TPSA) is 32.3 Å². The largest absolute Gasteiger partial charge is 0.378 e. The van der Waals surface area contributed by atoms with E-state index >= 15 is 0 Å². The van der Waals surface area contributed by atoms with Crippen LogP contribution in [0.2, 0.25) is 0 Å². The van der Waals surface area contributed by atoms with Crippen molar-refractivity contribution in [2.24, 2.45) is 0 Å². The van der Waals surface area contributed by atoms with Crippen LogP contribution in [0.15, 0.2) is 46.9 Å². The number of amides is 1.